The first-order valence-electron chi connectivity index (χ1n) is 7.42. The number of para-hydroxylation sites is 1. The number of benzene rings is 1. The third-order valence-electron chi connectivity index (χ3n) is 4.09. The van der Waals surface area contributed by atoms with Gasteiger partial charge in [0.25, 0.3) is 0 Å². The quantitative estimate of drug-likeness (QED) is 0.765. The van der Waals surface area contributed by atoms with Crippen molar-refractivity contribution in [3.8, 4) is 0 Å². The van der Waals surface area contributed by atoms with Gasteiger partial charge in [0.15, 0.2) is 0 Å². The zero-order valence-corrected chi connectivity index (χ0v) is 12.3. The SMILES string of the molecule is CCNC(CN(CC)c1ccccc1)(C(=O)O)C1CC1. The number of hydrogen-bond acceptors (Lipinski definition) is 3. The molecule has 1 saturated carbocycles. The Kier molecular flexibility index (Phi) is 4.65. The number of rotatable bonds is 8. The molecule has 0 amide bonds. The summed E-state index contributed by atoms with van der Waals surface area (Å²) in [6.45, 7) is 6.03. The number of nitrogens with one attached hydrogen (secondary N) is 1. The van der Waals surface area contributed by atoms with Crippen molar-refractivity contribution in [3.05, 3.63) is 30.3 Å². The van der Waals surface area contributed by atoms with Crippen LogP contribution in [0.5, 0.6) is 0 Å². The summed E-state index contributed by atoms with van der Waals surface area (Å²) in [6.07, 6.45) is 2.01. The molecule has 1 aliphatic carbocycles. The molecule has 1 unspecified atom stereocenters. The highest BCUT2D eigenvalue weighted by molar-refractivity contribution is 5.81. The summed E-state index contributed by atoms with van der Waals surface area (Å²) in [5.74, 6) is -0.478. The Bertz CT molecular complexity index is 445. The maximum Gasteiger partial charge on any atom is 0.326 e. The lowest BCUT2D eigenvalue weighted by molar-refractivity contribution is -0.145. The number of carboxylic acids is 1. The van der Waals surface area contributed by atoms with E-state index in [0.717, 1.165) is 25.1 Å². The second-order valence-electron chi connectivity index (χ2n) is 5.43. The molecule has 0 heterocycles. The maximum atomic E-state index is 11.9. The molecule has 0 radical (unpaired) electrons. The number of likely N-dealkylation sites (N-methyl/N-ethyl adjacent to an activating group) is 2. The fourth-order valence-corrected chi connectivity index (χ4v) is 2.86. The van der Waals surface area contributed by atoms with Gasteiger partial charge < -0.3 is 15.3 Å². The van der Waals surface area contributed by atoms with Gasteiger partial charge in [-0.05, 0) is 44.4 Å². The van der Waals surface area contributed by atoms with Gasteiger partial charge in [0.05, 0.1) is 0 Å². The molecule has 2 rings (SSSR count). The molecule has 1 aliphatic rings. The summed E-state index contributed by atoms with van der Waals surface area (Å²) >= 11 is 0. The van der Waals surface area contributed by atoms with Gasteiger partial charge in [0.1, 0.15) is 5.54 Å². The van der Waals surface area contributed by atoms with E-state index < -0.39 is 11.5 Å². The van der Waals surface area contributed by atoms with Crippen LogP contribution in [-0.4, -0.2) is 36.2 Å². The largest absolute Gasteiger partial charge is 0.480 e. The minimum Gasteiger partial charge on any atom is -0.480 e. The van der Waals surface area contributed by atoms with Crippen molar-refractivity contribution in [2.45, 2.75) is 32.2 Å². The molecule has 20 heavy (non-hydrogen) atoms. The Morgan fingerprint density at radius 1 is 1.35 bits per heavy atom. The van der Waals surface area contributed by atoms with E-state index in [9.17, 15) is 9.90 Å². The van der Waals surface area contributed by atoms with E-state index in [1.54, 1.807) is 0 Å². The minimum atomic E-state index is -0.819. The van der Waals surface area contributed by atoms with Crippen LogP contribution >= 0.6 is 0 Å². The Hall–Kier alpha value is -1.55. The van der Waals surface area contributed by atoms with Crippen molar-refractivity contribution < 1.29 is 9.90 Å². The van der Waals surface area contributed by atoms with Crippen molar-refractivity contribution in [1.29, 1.82) is 0 Å². The van der Waals surface area contributed by atoms with E-state index in [1.807, 2.05) is 37.3 Å². The number of anilines is 1. The fourth-order valence-electron chi connectivity index (χ4n) is 2.86. The predicted molar refractivity (Wildman–Crippen MR) is 81.1 cm³/mol. The minimum absolute atomic E-state index is 0.248. The molecule has 4 heteroatoms. The van der Waals surface area contributed by atoms with Crippen LogP contribution in [0.15, 0.2) is 30.3 Å². The summed E-state index contributed by atoms with van der Waals surface area (Å²) in [5.41, 5.74) is 0.264. The monoisotopic (exact) mass is 276 g/mol. The molecule has 4 nitrogen and oxygen atoms in total. The van der Waals surface area contributed by atoms with E-state index in [-0.39, 0.29) is 5.92 Å². The van der Waals surface area contributed by atoms with Gasteiger partial charge in [0.2, 0.25) is 0 Å². The highest BCUT2D eigenvalue weighted by atomic mass is 16.4. The summed E-state index contributed by atoms with van der Waals surface area (Å²) in [6, 6.07) is 10.0. The number of aliphatic carboxylic acids is 1. The molecule has 1 fully saturated rings. The maximum absolute atomic E-state index is 11.9. The molecule has 1 atom stereocenters. The molecular weight excluding hydrogens is 252 g/mol. The van der Waals surface area contributed by atoms with Gasteiger partial charge in [-0.1, -0.05) is 25.1 Å². The summed E-state index contributed by atoms with van der Waals surface area (Å²) < 4.78 is 0. The van der Waals surface area contributed by atoms with E-state index >= 15 is 0 Å². The van der Waals surface area contributed by atoms with Crippen LogP contribution in [0.2, 0.25) is 0 Å². The van der Waals surface area contributed by atoms with Crippen molar-refractivity contribution >= 4 is 11.7 Å². The molecule has 0 saturated heterocycles. The molecule has 110 valence electrons. The van der Waals surface area contributed by atoms with Crippen LogP contribution in [0, 0.1) is 5.92 Å². The smallest absolute Gasteiger partial charge is 0.326 e. The average Bonchev–Trinajstić information content (AvgIpc) is 3.29. The Morgan fingerprint density at radius 2 is 2.00 bits per heavy atom. The first kappa shape index (κ1) is 14.9. The van der Waals surface area contributed by atoms with E-state index in [4.69, 9.17) is 0 Å². The van der Waals surface area contributed by atoms with Crippen LogP contribution < -0.4 is 10.2 Å². The summed E-state index contributed by atoms with van der Waals surface area (Å²) in [5, 5.41) is 13.0. The average molecular weight is 276 g/mol. The predicted octanol–water partition coefficient (Wildman–Crippen LogP) is 2.36. The Balaban J connectivity index is 2.23. The van der Waals surface area contributed by atoms with Crippen molar-refractivity contribution in [2.75, 3.05) is 24.5 Å². The topological polar surface area (TPSA) is 52.6 Å². The summed E-state index contributed by atoms with van der Waals surface area (Å²) in [7, 11) is 0. The molecule has 0 bridgehead atoms. The second kappa shape index (κ2) is 6.27. The van der Waals surface area contributed by atoms with E-state index in [0.29, 0.717) is 13.1 Å². The molecule has 0 aromatic heterocycles. The van der Waals surface area contributed by atoms with Gasteiger partial charge in [-0.3, -0.25) is 4.79 Å². The van der Waals surface area contributed by atoms with Gasteiger partial charge in [0, 0.05) is 18.8 Å². The van der Waals surface area contributed by atoms with Crippen molar-refractivity contribution in [3.63, 3.8) is 0 Å². The zero-order valence-electron chi connectivity index (χ0n) is 12.3. The van der Waals surface area contributed by atoms with Crippen molar-refractivity contribution in [2.24, 2.45) is 5.92 Å². The molecule has 2 N–H and O–H groups in total. The van der Waals surface area contributed by atoms with Gasteiger partial charge in [-0.2, -0.15) is 0 Å². The molecule has 1 aromatic rings. The van der Waals surface area contributed by atoms with E-state index in [1.165, 1.54) is 0 Å². The number of nitrogens with zero attached hydrogens (tertiary/aromatic N) is 1. The van der Waals surface area contributed by atoms with E-state index in [2.05, 4.69) is 17.1 Å². The van der Waals surface area contributed by atoms with Crippen molar-refractivity contribution in [1.82, 2.24) is 5.32 Å². The number of carboxylic acid groups (broad SMARTS) is 1. The lowest BCUT2D eigenvalue weighted by atomic mass is 9.92. The van der Waals surface area contributed by atoms with Crippen LogP contribution in [0.1, 0.15) is 26.7 Å². The lowest BCUT2D eigenvalue weighted by Crippen LogP contribution is -2.61. The Labute approximate surface area is 120 Å². The fraction of sp³-hybridized carbons (Fsp3) is 0.562. The first-order chi connectivity index (χ1) is 9.64. The zero-order chi connectivity index (χ0) is 14.6. The van der Waals surface area contributed by atoms with Gasteiger partial charge >= 0.3 is 5.97 Å². The highest BCUT2D eigenvalue weighted by Gasteiger charge is 2.51. The van der Waals surface area contributed by atoms with Crippen LogP contribution in [0.3, 0.4) is 0 Å². The molecule has 0 aliphatic heterocycles. The lowest BCUT2D eigenvalue weighted by Gasteiger charge is -2.36. The van der Waals surface area contributed by atoms with Gasteiger partial charge in [-0.15, -0.1) is 0 Å². The van der Waals surface area contributed by atoms with Crippen LogP contribution in [0.4, 0.5) is 5.69 Å². The highest BCUT2D eigenvalue weighted by Crippen LogP contribution is 2.41. The van der Waals surface area contributed by atoms with Crippen LogP contribution in [-0.2, 0) is 4.79 Å². The second-order valence-corrected chi connectivity index (χ2v) is 5.43. The van der Waals surface area contributed by atoms with Gasteiger partial charge in [-0.25, -0.2) is 0 Å². The molecular formula is C16H24N2O2. The number of hydrogen-bond donors (Lipinski definition) is 2. The molecule has 0 spiro atoms. The third kappa shape index (κ3) is 2.96. The normalized spacial score (nSPS) is 17.5. The first-order valence-corrected chi connectivity index (χ1v) is 7.42. The Morgan fingerprint density at radius 3 is 2.45 bits per heavy atom. The number of carbonyl (C=O) groups is 1. The third-order valence-corrected chi connectivity index (χ3v) is 4.09. The standard InChI is InChI=1S/C16H24N2O2/c1-3-17-16(15(19)20,13-10-11-13)12-18(4-2)14-8-6-5-7-9-14/h5-9,13,17H,3-4,10-12H2,1-2H3,(H,19,20). The molecule has 1 aromatic carbocycles. The summed E-state index contributed by atoms with van der Waals surface area (Å²) in [4.78, 5) is 14.0. The van der Waals surface area contributed by atoms with Crippen LogP contribution in [0.25, 0.3) is 0 Å².